The van der Waals surface area contributed by atoms with Crippen LogP contribution in [0.15, 0.2) is 39.5 Å². The lowest BCUT2D eigenvalue weighted by molar-refractivity contribution is -0.110. The van der Waals surface area contributed by atoms with Gasteiger partial charge in [-0.15, -0.1) is 0 Å². The molecule has 1 aromatic heterocycles. The molecule has 0 aliphatic carbocycles. The average Bonchev–Trinajstić information content (AvgIpc) is 2.76. The highest BCUT2D eigenvalue weighted by Crippen LogP contribution is 2.43. The summed E-state index contributed by atoms with van der Waals surface area (Å²) in [7, 11) is 0. The zero-order chi connectivity index (χ0) is 14.3. The van der Waals surface area contributed by atoms with E-state index in [9.17, 15) is 4.79 Å². The first kappa shape index (κ1) is 13.5. The Morgan fingerprint density at radius 1 is 1.30 bits per heavy atom. The first-order valence-corrected chi connectivity index (χ1v) is 7.58. The predicted molar refractivity (Wildman–Crippen MR) is 87.3 cm³/mol. The zero-order valence-corrected chi connectivity index (χ0v) is 13.7. The van der Waals surface area contributed by atoms with Crippen LogP contribution < -0.4 is 5.32 Å². The summed E-state index contributed by atoms with van der Waals surface area (Å²) in [5.74, 6) is -0.0919. The van der Waals surface area contributed by atoms with Crippen LogP contribution >= 0.6 is 31.9 Å². The van der Waals surface area contributed by atoms with Crippen LogP contribution in [0, 0.1) is 6.92 Å². The molecule has 0 radical (unpaired) electrons. The minimum atomic E-state index is -0.0919. The molecular weight excluding hydrogens is 384 g/mol. The molecule has 1 N–H and O–H groups in total. The summed E-state index contributed by atoms with van der Waals surface area (Å²) in [5, 5.41) is 2.91. The predicted octanol–water partition coefficient (Wildman–Crippen LogP) is 4.41. The fourth-order valence-corrected chi connectivity index (χ4v) is 3.50. The summed E-state index contributed by atoms with van der Waals surface area (Å²) in [6.07, 6.45) is 5.31. The molecule has 2 aromatic rings. The number of nitrogens with zero attached hydrogens (tertiary/aromatic N) is 1. The van der Waals surface area contributed by atoms with E-state index >= 15 is 0 Å². The monoisotopic (exact) mass is 392 g/mol. The number of carbonyl (C=O) groups excluding carboxylic acids is 1. The molecule has 3 nitrogen and oxygen atoms in total. The summed E-state index contributed by atoms with van der Waals surface area (Å²) < 4.78 is 1.84. The van der Waals surface area contributed by atoms with Gasteiger partial charge in [-0.1, -0.05) is 22.0 Å². The van der Waals surface area contributed by atoms with Crippen molar-refractivity contribution in [2.45, 2.75) is 6.92 Å². The lowest BCUT2D eigenvalue weighted by Gasteiger charge is -2.08. The number of benzene rings is 1. The first-order valence-electron chi connectivity index (χ1n) is 6.00. The van der Waals surface area contributed by atoms with Crippen LogP contribution in [0.4, 0.5) is 5.69 Å². The second-order valence-electron chi connectivity index (χ2n) is 4.51. The van der Waals surface area contributed by atoms with Crippen LogP contribution in [0.2, 0.25) is 0 Å². The number of carbonyl (C=O) groups is 1. The van der Waals surface area contributed by atoms with Gasteiger partial charge in [0.2, 0.25) is 0 Å². The third-order valence-corrected chi connectivity index (χ3v) is 4.67. The maximum atomic E-state index is 12.2. The van der Waals surface area contributed by atoms with Gasteiger partial charge < -0.3 is 5.32 Å². The minimum Gasteiger partial charge on any atom is -0.320 e. The molecule has 0 bridgehead atoms. The molecule has 0 atom stereocenters. The summed E-state index contributed by atoms with van der Waals surface area (Å²) in [5.41, 5.74) is 4.36. The van der Waals surface area contributed by atoms with E-state index in [1.54, 1.807) is 12.4 Å². The van der Waals surface area contributed by atoms with Gasteiger partial charge in [0.25, 0.3) is 5.91 Å². The SMILES string of the molecule is Cc1c(Br)cc(Br)c2c1C(=Cc1cccnc1)C(=O)N2. The third-order valence-electron chi connectivity index (χ3n) is 3.22. The zero-order valence-electron chi connectivity index (χ0n) is 10.6. The fraction of sp³-hybridized carbons (Fsp3) is 0.0667. The number of anilines is 1. The van der Waals surface area contributed by atoms with Crippen molar-refractivity contribution in [3.05, 3.63) is 56.2 Å². The van der Waals surface area contributed by atoms with Gasteiger partial charge in [-0.2, -0.15) is 0 Å². The van der Waals surface area contributed by atoms with Crippen LogP contribution in [0.5, 0.6) is 0 Å². The van der Waals surface area contributed by atoms with Gasteiger partial charge in [-0.05, 0) is 52.2 Å². The smallest absolute Gasteiger partial charge is 0.256 e. The maximum Gasteiger partial charge on any atom is 0.256 e. The summed E-state index contributed by atoms with van der Waals surface area (Å²) in [6.45, 7) is 1.99. The number of pyridine rings is 1. The molecule has 0 saturated heterocycles. The molecule has 0 spiro atoms. The lowest BCUT2D eigenvalue weighted by Crippen LogP contribution is -2.03. The standard InChI is InChI=1S/C15H10Br2N2O/c1-8-11(16)6-12(17)14-13(8)10(15(20)19-14)5-9-3-2-4-18-7-9/h2-7H,1H3,(H,19,20). The van der Waals surface area contributed by atoms with Crippen molar-refractivity contribution in [1.29, 1.82) is 0 Å². The van der Waals surface area contributed by atoms with Crippen molar-refractivity contribution in [3.8, 4) is 0 Å². The van der Waals surface area contributed by atoms with Crippen molar-refractivity contribution < 1.29 is 4.79 Å². The van der Waals surface area contributed by atoms with E-state index in [0.717, 1.165) is 31.3 Å². The number of aromatic nitrogens is 1. The van der Waals surface area contributed by atoms with Crippen LogP contribution in [0.3, 0.4) is 0 Å². The van der Waals surface area contributed by atoms with Gasteiger partial charge in [-0.3, -0.25) is 9.78 Å². The fourth-order valence-electron chi connectivity index (χ4n) is 2.24. The molecule has 1 aromatic carbocycles. The molecule has 5 heteroatoms. The number of hydrogen-bond donors (Lipinski definition) is 1. The van der Waals surface area contributed by atoms with E-state index in [0.29, 0.717) is 5.57 Å². The van der Waals surface area contributed by atoms with Gasteiger partial charge in [0.15, 0.2) is 0 Å². The molecule has 0 fully saturated rings. The summed E-state index contributed by atoms with van der Waals surface area (Å²) in [6, 6.07) is 5.72. The Balaban J connectivity index is 2.22. The number of fused-ring (bicyclic) bond motifs is 1. The Kier molecular flexibility index (Phi) is 3.48. The van der Waals surface area contributed by atoms with Crippen LogP contribution in [-0.4, -0.2) is 10.9 Å². The molecule has 1 aliphatic rings. The minimum absolute atomic E-state index is 0.0919. The lowest BCUT2D eigenvalue weighted by atomic mass is 10.00. The highest BCUT2D eigenvalue weighted by Gasteiger charge is 2.28. The topological polar surface area (TPSA) is 42.0 Å². The summed E-state index contributed by atoms with van der Waals surface area (Å²) >= 11 is 7.01. The molecule has 1 aliphatic heterocycles. The molecule has 1 amide bonds. The number of nitrogens with one attached hydrogen (secondary N) is 1. The summed E-state index contributed by atoms with van der Waals surface area (Å²) in [4.78, 5) is 16.3. The van der Waals surface area contributed by atoms with Crippen LogP contribution in [0.1, 0.15) is 16.7 Å². The molecule has 3 rings (SSSR count). The van der Waals surface area contributed by atoms with Gasteiger partial charge in [-0.25, -0.2) is 0 Å². The Bertz CT molecular complexity index is 739. The van der Waals surface area contributed by atoms with E-state index in [2.05, 4.69) is 42.2 Å². The van der Waals surface area contributed by atoms with Gasteiger partial charge in [0.1, 0.15) is 0 Å². The number of halogens is 2. The second-order valence-corrected chi connectivity index (χ2v) is 6.22. The molecule has 0 unspecified atom stereocenters. The van der Waals surface area contributed by atoms with Crippen molar-refractivity contribution >= 4 is 55.1 Å². The molecule has 2 heterocycles. The Morgan fingerprint density at radius 2 is 2.10 bits per heavy atom. The van der Waals surface area contributed by atoms with E-state index in [1.807, 2.05) is 31.2 Å². The molecule has 20 heavy (non-hydrogen) atoms. The largest absolute Gasteiger partial charge is 0.320 e. The van der Waals surface area contributed by atoms with Crippen molar-refractivity contribution in [2.75, 3.05) is 5.32 Å². The Hall–Kier alpha value is -1.46. The van der Waals surface area contributed by atoms with E-state index in [4.69, 9.17) is 0 Å². The van der Waals surface area contributed by atoms with E-state index < -0.39 is 0 Å². The maximum absolute atomic E-state index is 12.2. The van der Waals surface area contributed by atoms with Crippen molar-refractivity contribution in [1.82, 2.24) is 4.98 Å². The average molecular weight is 394 g/mol. The number of rotatable bonds is 1. The first-order chi connectivity index (χ1) is 9.58. The molecular formula is C15H10Br2N2O. The highest BCUT2D eigenvalue weighted by atomic mass is 79.9. The highest BCUT2D eigenvalue weighted by molar-refractivity contribution is 9.11. The van der Waals surface area contributed by atoms with Gasteiger partial charge >= 0.3 is 0 Å². The Morgan fingerprint density at radius 3 is 2.80 bits per heavy atom. The number of hydrogen-bond acceptors (Lipinski definition) is 2. The van der Waals surface area contributed by atoms with Gasteiger partial charge in [0.05, 0.1) is 5.69 Å². The third kappa shape index (κ3) is 2.21. The van der Waals surface area contributed by atoms with E-state index in [-0.39, 0.29) is 5.91 Å². The molecule has 0 saturated carbocycles. The normalized spacial score (nSPS) is 15.3. The van der Waals surface area contributed by atoms with Crippen molar-refractivity contribution in [2.24, 2.45) is 0 Å². The second kappa shape index (κ2) is 5.14. The number of amides is 1. The van der Waals surface area contributed by atoms with Crippen LogP contribution in [0.25, 0.3) is 11.6 Å². The van der Waals surface area contributed by atoms with Crippen molar-refractivity contribution in [3.63, 3.8) is 0 Å². The molecule has 100 valence electrons. The Labute approximate surface area is 133 Å². The van der Waals surface area contributed by atoms with Crippen LogP contribution in [-0.2, 0) is 4.79 Å². The van der Waals surface area contributed by atoms with Gasteiger partial charge in [0, 0.05) is 32.5 Å². The van der Waals surface area contributed by atoms with E-state index in [1.165, 1.54) is 0 Å². The quantitative estimate of drug-likeness (QED) is 0.729.